The largest absolute Gasteiger partial charge is 0.493 e. The van der Waals surface area contributed by atoms with Gasteiger partial charge in [0.25, 0.3) is 0 Å². The molecule has 2 aromatic carbocycles. The fourth-order valence-electron chi connectivity index (χ4n) is 3.60. The highest BCUT2D eigenvalue weighted by molar-refractivity contribution is 5.92. The van der Waals surface area contributed by atoms with Crippen molar-refractivity contribution < 1.29 is 9.53 Å². The number of hydrogen-bond donors (Lipinski definition) is 1. The fraction of sp³-hybridized carbons (Fsp3) is 0.385. The number of aryl methyl sites for hydroxylation is 3. The highest BCUT2D eigenvalue weighted by Crippen LogP contribution is 2.21. The highest BCUT2D eigenvalue weighted by Gasteiger charge is 2.10. The molecule has 3 aromatic rings. The zero-order valence-electron chi connectivity index (χ0n) is 18.9. The second kappa shape index (κ2) is 10.8. The lowest BCUT2D eigenvalue weighted by molar-refractivity contribution is -0.117. The lowest BCUT2D eigenvalue weighted by Crippen LogP contribution is -2.25. The molecule has 0 saturated carbocycles. The first-order chi connectivity index (χ1) is 15.0. The molecule has 0 unspecified atom stereocenters. The summed E-state index contributed by atoms with van der Waals surface area (Å²) in [4.78, 5) is 16.5. The standard InChI is InChI=1S/C26H33N3O2/c1-19(2)26(30)27-16-10-15-25-28-22-12-5-6-13-23(22)29(25)17-7-8-18-31-24-14-9-11-20(3)21(24)4/h5-6,9,11-14H,1,7-8,10,15-18H2,2-4H3,(H,27,30). The van der Waals surface area contributed by atoms with Crippen LogP contribution in [0.5, 0.6) is 5.75 Å². The van der Waals surface area contributed by atoms with E-state index in [1.165, 1.54) is 16.6 Å². The Hall–Kier alpha value is -3.08. The number of unbranched alkanes of at least 4 members (excludes halogenated alkanes) is 1. The van der Waals surface area contributed by atoms with Gasteiger partial charge in [-0.2, -0.15) is 0 Å². The summed E-state index contributed by atoms with van der Waals surface area (Å²) in [5, 5.41) is 2.90. The first kappa shape index (κ1) is 22.6. The number of ether oxygens (including phenoxy) is 1. The molecule has 0 atom stereocenters. The Bertz CT molecular complexity index is 1050. The normalized spacial score (nSPS) is 10.9. The number of carbonyl (C=O) groups is 1. The third kappa shape index (κ3) is 5.97. The summed E-state index contributed by atoms with van der Waals surface area (Å²) in [6, 6.07) is 14.5. The zero-order valence-corrected chi connectivity index (χ0v) is 18.9. The molecule has 1 aromatic heterocycles. The van der Waals surface area contributed by atoms with E-state index in [4.69, 9.17) is 9.72 Å². The van der Waals surface area contributed by atoms with Gasteiger partial charge in [-0.25, -0.2) is 4.98 Å². The minimum Gasteiger partial charge on any atom is -0.493 e. The number of benzene rings is 2. The van der Waals surface area contributed by atoms with Crippen LogP contribution in [-0.2, 0) is 17.8 Å². The third-order valence-corrected chi connectivity index (χ3v) is 5.57. The molecule has 0 radical (unpaired) electrons. The molecule has 164 valence electrons. The Balaban J connectivity index is 1.55. The van der Waals surface area contributed by atoms with Crippen LogP contribution in [0.2, 0.25) is 0 Å². The monoisotopic (exact) mass is 419 g/mol. The molecule has 3 rings (SSSR count). The number of para-hydroxylation sites is 2. The first-order valence-corrected chi connectivity index (χ1v) is 11.0. The summed E-state index contributed by atoms with van der Waals surface area (Å²) in [6.45, 7) is 11.8. The average molecular weight is 420 g/mol. The maximum atomic E-state index is 11.7. The van der Waals surface area contributed by atoms with E-state index < -0.39 is 0 Å². The van der Waals surface area contributed by atoms with Gasteiger partial charge in [0.15, 0.2) is 0 Å². The van der Waals surface area contributed by atoms with Crippen molar-refractivity contribution in [3.8, 4) is 5.75 Å². The van der Waals surface area contributed by atoms with E-state index in [1.807, 2.05) is 18.2 Å². The van der Waals surface area contributed by atoms with Crippen LogP contribution in [0.15, 0.2) is 54.6 Å². The molecule has 0 fully saturated rings. The lowest BCUT2D eigenvalue weighted by Gasteiger charge is -2.12. The number of imidazole rings is 1. The summed E-state index contributed by atoms with van der Waals surface area (Å²) in [5.41, 5.74) is 5.19. The summed E-state index contributed by atoms with van der Waals surface area (Å²) >= 11 is 0. The van der Waals surface area contributed by atoms with Gasteiger partial charge in [0.2, 0.25) is 5.91 Å². The summed E-state index contributed by atoms with van der Waals surface area (Å²) < 4.78 is 8.32. The van der Waals surface area contributed by atoms with Crippen molar-refractivity contribution in [3.05, 3.63) is 71.6 Å². The number of aromatic nitrogens is 2. The Kier molecular flexibility index (Phi) is 7.88. The minimum atomic E-state index is -0.0858. The summed E-state index contributed by atoms with van der Waals surface area (Å²) in [6.07, 6.45) is 3.67. The van der Waals surface area contributed by atoms with Crippen molar-refractivity contribution >= 4 is 16.9 Å². The van der Waals surface area contributed by atoms with Crippen LogP contribution in [0.3, 0.4) is 0 Å². The molecule has 1 amide bonds. The maximum absolute atomic E-state index is 11.7. The smallest absolute Gasteiger partial charge is 0.246 e. The third-order valence-electron chi connectivity index (χ3n) is 5.57. The molecule has 1 N–H and O–H groups in total. The van der Waals surface area contributed by atoms with Crippen LogP contribution in [-0.4, -0.2) is 28.6 Å². The van der Waals surface area contributed by atoms with Crippen molar-refractivity contribution in [2.75, 3.05) is 13.2 Å². The van der Waals surface area contributed by atoms with E-state index in [0.29, 0.717) is 18.7 Å². The van der Waals surface area contributed by atoms with Crippen LogP contribution in [0, 0.1) is 13.8 Å². The number of carbonyl (C=O) groups excluding carboxylic acids is 1. The molecule has 0 spiro atoms. The molecular formula is C26H33N3O2. The lowest BCUT2D eigenvalue weighted by atomic mass is 10.1. The molecule has 5 nitrogen and oxygen atoms in total. The van der Waals surface area contributed by atoms with Gasteiger partial charge in [0, 0.05) is 25.1 Å². The molecular weight excluding hydrogens is 386 g/mol. The van der Waals surface area contributed by atoms with Gasteiger partial charge in [0.05, 0.1) is 17.6 Å². The van der Waals surface area contributed by atoms with Crippen LogP contribution in [0.1, 0.15) is 43.1 Å². The van der Waals surface area contributed by atoms with Crippen LogP contribution in [0.25, 0.3) is 11.0 Å². The van der Waals surface area contributed by atoms with Gasteiger partial charge in [-0.3, -0.25) is 4.79 Å². The van der Waals surface area contributed by atoms with E-state index >= 15 is 0 Å². The van der Waals surface area contributed by atoms with Gasteiger partial charge in [-0.05, 0) is 69.4 Å². The van der Waals surface area contributed by atoms with Crippen molar-refractivity contribution in [1.82, 2.24) is 14.9 Å². The Morgan fingerprint density at radius 2 is 1.90 bits per heavy atom. The van der Waals surface area contributed by atoms with E-state index in [9.17, 15) is 4.79 Å². The Morgan fingerprint density at radius 3 is 2.71 bits per heavy atom. The number of fused-ring (bicyclic) bond motifs is 1. The predicted octanol–water partition coefficient (Wildman–Crippen LogP) is 5.14. The highest BCUT2D eigenvalue weighted by atomic mass is 16.5. The SMILES string of the molecule is C=C(C)C(=O)NCCCc1nc2ccccc2n1CCCCOc1cccc(C)c1C. The number of rotatable bonds is 11. The van der Waals surface area contributed by atoms with Crippen molar-refractivity contribution in [1.29, 1.82) is 0 Å². The van der Waals surface area contributed by atoms with E-state index in [1.54, 1.807) is 6.92 Å². The van der Waals surface area contributed by atoms with Crippen LogP contribution in [0.4, 0.5) is 0 Å². The van der Waals surface area contributed by atoms with Gasteiger partial charge >= 0.3 is 0 Å². The Morgan fingerprint density at radius 1 is 1.10 bits per heavy atom. The maximum Gasteiger partial charge on any atom is 0.246 e. The number of hydrogen-bond acceptors (Lipinski definition) is 3. The number of amides is 1. The van der Waals surface area contributed by atoms with Gasteiger partial charge in [0.1, 0.15) is 11.6 Å². The molecule has 0 bridgehead atoms. The number of nitrogens with zero attached hydrogens (tertiary/aromatic N) is 2. The quantitative estimate of drug-likeness (QED) is 0.346. The second-order valence-electron chi connectivity index (χ2n) is 8.06. The van der Waals surface area contributed by atoms with Gasteiger partial charge < -0.3 is 14.6 Å². The second-order valence-corrected chi connectivity index (χ2v) is 8.06. The molecule has 5 heteroatoms. The molecule has 1 heterocycles. The van der Waals surface area contributed by atoms with Crippen molar-refractivity contribution in [2.45, 2.75) is 53.0 Å². The summed E-state index contributed by atoms with van der Waals surface area (Å²) in [5.74, 6) is 1.96. The van der Waals surface area contributed by atoms with Gasteiger partial charge in [-0.1, -0.05) is 30.8 Å². The molecule has 0 saturated heterocycles. The first-order valence-electron chi connectivity index (χ1n) is 11.0. The molecule has 31 heavy (non-hydrogen) atoms. The minimum absolute atomic E-state index is 0.0858. The molecule has 0 aliphatic heterocycles. The topological polar surface area (TPSA) is 56.2 Å². The fourth-order valence-corrected chi connectivity index (χ4v) is 3.60. The number of nitrogens with one attached hydrogen (secondary N) is 1. The van der Waals surface area contributed by atoms with E-state index in [2.05, 4.69) is 54.6 Å². The van der Waals surface area contributed by atoms with E-state index in [0.717, 1.165) is 49.3 Å². The van der Waals surface area contributed by atoms with Crippen molar-refractivity contribution in [3.63, 3.8) is 0 Å². The van der Waals surface area contributed by atoms with E-state index in [-0.39, 0.29) is 5.91 Å². The zero-order chi connectivity index (χ0) is 22.2. The Labute approximate surface area is 185 Å². The predicted molar refractivity (Wildman–Crippen MR) is 127 cm³/mol. The molecule has 0 aliphatic rings. The van der Waals surface area contributed by atoms with Gasteiger partial charge in [-0.15, -0.1) is 0 Å². The van der Waals surface area contributed by atoms with Crippen molar-refractivity contribution in [2.24, 2.45) is 0 Å². The molecule has 0 aliphatic carbocycles. The summed E-state index contributed by atoms with van der Waals surface area (Å²) in [7, 11) is 0. The van der Waals surface area contributed by atoms with Crippen LogP contribution < -0.4 is 10.1 Å². The van der Waals surface area contributed by atoms with Crippen LogP contribution >= 0.6 is 0 Å². The average Bonchev–Trinajstić information content (AvgIpc) is 3.11.